The van der Waals surface area contributed by atoms with Crippen molar-refractivity contribution in [3.05, 3.63) is 59.9 Å². The molecule has 2 saturated carbocycles. The van der Waals surface area contributed by atoms with Gasteiger partial charge < -0.3 is 16.4 Å². The van der Waals surface area contributed by atoms with Gasteiger partial charge >= 0.3 is 0 Å². The number of amides is 2. The minimum absolute atomic E-state index is 0.0167. The predicted molar refractivity (Wildman–Crippen MR) is 138 cm³/mol. The van der Waals surface area contributed by atoms with Gasteiger partial charge in [0.05, 0.1) is 11.5 Å². The van der Waals surface area contributed by atoms with Crippen LogP contribution in [-0.4, -0.2) is 29.4 Å². The SMILES string of the molecule is CC1CC2CC(C(N)C(=O)NCC3CCCc4ccccc43)CC(C(=O)Nc3ccncc3)(C1)C2. The average Bonchev–Trinajstić information content (AvgIpc) is 2.86. The standard InChI is InChI=1S/C29H38N4O2/c1-19-13-20-14-23(17-29(15-19,16-20)28(35)33-24-9-11-31-12-10-24)26(30)27(34)32-18-22-7-4-6-21-5-2-3-8-25(21)22/h2-3,5,8-12,19-20,22-23,26H,4,6-7,13-18,30H2,1H3,(H,32,34)(H,31,33,35). The van der Waals surface area contributed by atoms with Crippen molar-refractivity contribution in [2.45, 2.75) is 70.3 Å². The van der Waals surface area contributed by atoms with Gasteiger partial charge in [0.2, 0.25) is 11.8 Å². The second-order valence-corrected chi connectivity index (χ2v) is 11.3. The van der Waals surface area contributed by atoms with E-state index < -0.39 is 11.5 Å². The van der Waals surface area contributed by atoms with Crippen LogP contribution in [0.4, 0.5) is 5.69 Å². The van der Waals surface area contributed by atoms with Crippen LogP contribution in [0.15, 0.2) is 48.8 Å². The van der Waals surface area contributed by atoms with E-state index in [1.54, 1.807) is 12.4 Å². The van der Waals surface area contributed by atoms with Crippen LogP contribution in [0, 0.1) is 23.2 Å². The van der Waals surface area contributed by atoms with Crippen LogP contribution in [0.2, 0.25) is 0 Å². The maximum atomic E-state index is 13.6. The Kier molecular flexibility index (Phi) is 6.92. The van der Waals surface area contributed by atoms with E-state index in [4.69, 9.17) is 5.73 Å². The Morgan fingerprint density at radius 2 is 1.91 bits per heavy atom. The van der Waals surface area contributed by atoms with Crippen LogP contribution in [-0.2, 0) is 16.0 Å². The maximum Gasteiger partial charge on any atom is 0.237 e. The van der Waals surface area contributed by atoms with Crippen molar-refractivity contribution >= 4 is 17.5 Å². The van der Waals surface area contributed by atoms with Gasteiger partial charge in [0.15, 0.2) is 0 Å². The van der Waals surface area contributed by atoms with Gasteiger partial charge in [0.1, 0.15) is 0 Å². The van der Waals surface area contributed by atoms with Crippen molar-refractivity contribution in [1.29, 1.82) is 0 Å². The van der Waals surface area contributed by atoms with Crippen LogP contribution >= 0.6 is 0 Å². The van der Waals surface area contributed by atoms with Crippen LogP contribution in [0.25, 0.3) is 0 Å². The molecule has 0 spiro atoms. The zero-order valence-corrected chi connectivity index (χ0v) is 20.7. The lowest BCUT2D eigenvalue weighted by Crippen LogP contribution is -2.54. The minimum Gasteiger partial charge on any atom is -0.354 e. The Morgan fingerprint density at radius 3 is 2.74 bits per heavy atom. The molecule has 0 aliphatic heterocycles. The van der Waals surface area contributed by atoms with E-state index >= 15 is 0 Å². The molecule has 2 amide bonds. The van der Waals surface area contributed by atoms with Crippen molar-refractivity contribution in [3.8, 4) is 0 Å². The number of rotatable bonds is 6. The maximum absolute atomic E-state index is 13.6. The predicted octanol–water partition coefficient (Wildman–Crippen LogP) is 4.42. The van der Waals surface area contributed by atoms with E-state index in [1.165, 1.54) is 11.1 Å². The highest BCUT2D eigenvalue weighted by atomic mass is 16.2. The summed E-state index contributed by atoms with van der Waals surface area (Å²) in [6.07, 6.45) is 11.2. The molecule has 186 valence electrons. The summed E-state index contributed by atoms with van der Waals surface area (Å²) in [4.78, 5) is 30.8. The molecule has 6 unspecified atom stereocenters. The monoisotopic (exact) mass is 474 g/mol. The highest BCUT2D eigenvalue weighted by molar-refractivity contribution is 5.95. The Hall–Kier alpha value is -2.73. The van der Waals surface area contributed by atoms with Gasteiger partial charge in [0, 0.05) is 30.5 Å². The number of aromatic nitrogens is 1. The van der Waals surface area contributed by atoms with Crippen molar-refractivity contribution in [1.82, 2.24) is 10.3 Å². The molecule has 6 nitrogen and oxygen atoms in total. The Labute approximate surface area is 208 Å². The number of aryl methyl sites for hydroxylation is 1. The molecule has 6 atom stereocenters. The lowest BCUT2D eigenvalue weighted by molar-refractivity contribution is -0.136. The Bertz CT molecular complexity index is 1050. The third-order valence-corrected chi connectivity index (χ3v) is 8.69. The van der Waals surface area contributed by atoms with E-state index in [9.17, 15) is 9.59 Å². The van der Waals surface area contributed by atoms with E-state index in [0.717, 1.165) is 50.6 Å². The molecule has 2 bridgehead atoms. The molecule has 4 N–H and O–H groups in total. The fourth-order valence-electron chi connectivity index (χ4n) is 7.27. The minimum atomic E-state index is -0.585. The van der Waals surface area contributed by atoms with Crippen LogP contribution in [0.3, 0.4) is 0 Å². The normalized spacial score (nSPS) is 30.6. The van der Waals surface area contributed by atoms with E-state index in [2.05, 4.69) is 46.8 Å². The average molecular weight is 475 g/mol. The molecular formula is C29H38N4O2. The molecule has 3 aliphatic carbocycles. The number of benzene rings is 1. The summed E-state index contributed by atoms with van der Waals surface area (Å²) in [5.41, 5.74) is 9.67. The highest BCUT2D eigenvalue weighted by Gasteiger charge is 2.51. The number of nitrogens with zero attached hydrogens (tertiary/aromatic N) is 1. The first-order valence-corrected chi connectivity index (χ1v) is 13.3. The summed E-state index contributed by atoms with van der Waals surface area (Å²) in [7, 11) is 0. The largest absolute Gasteiger partial charge is 0.354 e. The molecule has 1 aromatic carbocycles. The number of carbonyl (C=O) groups excluding carboxylic acids is 2. The van der Waals surface area contributed by atoms with E-state index in [1.807, 2.05) is 12.1 Å². The summed E-state index contributed by atoms with van der Waals surface area (Å²) < 4.78 is 0. The van der Waals surface area contributed by atoms with Gasteiger partial charge in [-0.15, -0.1) is 0 Å². The summed E-state index contributed by atoms with van der Waals surface area (Å²) in [6.45, 7) is 2.88. The zero-order chi connectivity index (χ0) is 24.4. The number of anilines is 1. The fourth-order valence-corrected chi connectivity index (χ4v) is 7.27. The van der Waals surface area contributed by atoms with Crippen molar-refractivity contribution in [2.75, 3.05) is 11.9 Å². The number of nitrogens with one attached hydrogen (secondary N) is 2. The van der Waals surface area contributed by atoms with Gasteiger partial charge in [-0.3, -0.25) is 14.6 Å². The third-order valence-electron chi connectivity index (χ3n) is 8.69. The number of nitrogens with two attached hydrogens (primary N) is 1. The lowest BCUT2D eigenvalue weighted by atomic mass is 9.55. The first-order chi connectivity index (χ1) is 16.9. The molecular weight excluding hydrogens is 436 g/mol. The number of fused-ring (bicyclic) bond motifs is 3. The topological polar surface area (TPSA) is 97.1 Å². The van der Waals surface area contributed by atoms with Gasteiger partial charge in [-0.05, 0) is 92.4 Å². The van der Waals surface area contributed by atoms with Crippen LogP contribution < -0.4 is 16.4 Å². The molecule has 6 heteroatoms. The second-order valence-electron chi connectivity index (χ2n) is 11.3. The first-order valence-electron chi connectivity index (χ1n) is 13.3. The molecule has 2 fully saturated rings. The molecule has 0 saturated heterocycles. The fraction of sp³-hybridized carbons (Fsp3) is 0.552. The zero-order valence-electron chi connectivity index (χ0n) is 20.7. The summed E-state index contributed by atoms with van der Waals surface area (Å²) in [5.74, 6) is 1.29. The number of pyridine rings is 1. The number of hydrogen-bond donors (Lipinski definition) is 3. The Balaban J connectivity index is 1.25. The second kappa shape index (κ2) is 10.1. The lowest BCUT2D eigenvalue weighted by Gasteiger charge is -2.50. The third kappa shape index (κ3) is 5.13. The van der Waals surface area contributed by atoms with Crippen molar-refractivity contribution in [2.24, 2.45) is 28.9 Å². The first kappa shape index (κ1) is 24.0. The van der Waals surface area contributed by atoms with Gasteiger partial charge in [0.25, 0.3) is 0 Å². The molecule has 3 aliphatic rings. The molecule has 2 aromatic rings. The molecule has 1 aromatic heterocycles. The van der Waals surface area contributed by atoms with Crippen LogP contribution in [0.1, 0.15) is 68.9 Å². The van der Waals surface area contributed by atoms with Crippen molar-refractivity contribution < 1.29 is 9.59 Å². The highest BCUT2D eigenvalue weighted by Crippen LogP contribution is 2.54. The summed E-state index contributed by atoms with van der Waals surface area (Å²) >= 11 is 0. The molecule has 0 radical (unpaired) electrons. The molecule has 35 heavy (non-hydrogen) atoms. The smallest absolute Gasteiger partial charge is 0.237 e. The van der Waals surface area contributed by atoms with Crippen molar-refractivity contribution in [3.63, 3.8) is 0 Å². The van der Waals surface area contributed by atoms with Gasteiger partial charge in [-0.2, -0.15) is 0 Å². The van der Waals surface area contributed by atoms with E-state index in [-0.39, 0.29) is 17.7 Å². The summed E-state index contributed by atoms with van der Waals surface area (Å²) in [5, 5.41) is 6.30. The number of carbonyl (C=O) groups is 2. The molecule has 1 heterocycles. The quantitative estimate of drug-likeness (QED) is 0.577. The Morgan fingerprint density at radius 1 is 1.11 bits per heavy atom. The number of hydrogen-bond acceptors (Lipinski definition) is 4. The van der Waals surface area contributed by atoms with Gasteiger partial charge in [-0.1, -0.05) is 31.2 Å². The van der Waals surface area contributed by atoms with Gasteiger partial charge in [-0.25, -0.2) is 0 Å². The molecule has 5 rings (SSSR count). The van der Waals surface area contributed by atoms with Crippen LogP contribution in [0.5, 0.6) is 0 Å². The van der Waals surface area contributed by atoms with E-state index in [0.29, 0.717) is 30.7 Å². The summed E-state index contributed by atoms with van der Waals surface area (Å²) in [6, 6.07) is 11.6.